The zero-order valence-corrected chi connectivity index (χ0v) is 12.2. The van der Waals surface area contributed by atoms with E-state index < -0.39 is 0 Å². The lowest BCUT2D eigenvalue weighted by Gasteiger charge is -2.06. The Morgan fingerprint density at radius 3 is 2.10 bits per heavy atom. The Labute approximate surface area is 125 Å². The number of ether oxygens (including phenoxy) is 1. The van der Waals surface area contributed by atoms with Crippen LogP contribution in [0.15, 0.2) is 24.3 Å². The number of aliphatic hydroxyl groups excluding tert-OH is 1. The fourth-order valence-electron chi connectivity index (χ4n) is 2.20. The molecule has 0 spiro atoms. The minimum Gasteiger partial charge on any atom is -0.491 e. The van der Waals surface area contributed by atoms with Gasteiger partial charge in [0.05, 0.1) is 6.61 Å². The third-order valence-electron chi connectivity index (χ3n) is 3.35. The zero-order chi connectivity index (χ0) is 13.8. The molecule has 2 heteroatoms. The highest BCUT2D eigenvalue weighted by Gasteiger charge is 1.96. The van der Waals surface area contributed by atoms with E-state index in [9.17, 15) is 0 Å². The van der Waals surface area contributed by atoms with Gasteiger partial charge in [-0.1, -0.05) is 65.0 Å². The van der Waals surface area contributed by atoms with Gasteiger partial charge in [0.25, 0.3) is 0 Å². The van der Waals surface area contributed by atoms with Gasteiger partial charge in [-0.25, -0.2) is 0 Å². The maximum absolute atomic E-state index is 8.68. The van der Waals surface area contributed by atoms with Gasteiger partial charge in [-0.05, 0) is 30.5 Å². The van der Waals surface area contributed by atoms with E-state index >= 15 is 0 Å². The fourth-order valence-corrected chi connectivity index (χ4v) is 2.20. The number of aliphatic hydroxyl groups is 1. The smallest absolute Gasteiger partial charge is 0.119 e. The molecular formula is C18H32O2. The molecule has 0 amide bonds. The lowest BCUT2D eigenvalue weighted by Crippen LogP contribution is -2.01. The third kappa shape index (κ3) is 8.98. The van der Waals surface area contributed by atoms with Crippen molar-refractivity contribution in [1.82, 2.24) is 0 Å². The fraction of sp³-hybridized carbons (Fsp3) is 0.667. The topological polar surface area (TPSA) is 29.5 Å². The maximum Gasteiger partial charge on any atom is 0.119 e. The van der Waals surface area contributed by atoms with Crippen LogP contribution in [0.25, 0.3) is 0 Å². The summed E-state index contributed by atoms with van der Waals surface area (Å²) >= 11 is 0. The van der Waals surface area contributed by atoms with Crippen molar-refractivity contribution >= 4 is 0 Å². The summed E-state index contributed by atoms with van der Waals surface area (Å²) in [5.74, 6) is 0.845. The number of hydrogen-bond acceptors (Lipinski definition) is 2. The predicted molar refractivity (Wildman–Crippen MR) is 87.5 cm³/mol. The van der Waals surface area contributed by atoms with Crippen LogP contribution >= 0.6 is 0 Å². The van der Waals surface area contributed by atoms with Crippen LogP contribution in [-0.2, 0) is 6.42 Å². The van der Waals surface area contributed by atoms with Crippen molar-refractivity contribution in [1.29, 1.82) is 0 Å². The van der Waals surface area contributed by atoms with Gasteiger partial charge < -0.3 is 9.84 Å². The first-order valence-electron chi connectivity index (χ1n) is 7.69. The molecule has 0 unspecified atom stereocenters. The van der Waals surface area contributed by atoms with E-state index in [0.717, 1.165) is 12.2 Å². The third-order valence-corrected chi connectivity index (χ3v) is 3.35. The molecule has 0 aliphatic rings. The molecule has 0 radical (unpaired) electrons. The van der Waals surface area contributed by atoms with Crippen LogP contribution in [0.5, 0.6) is 5.75 Å². The molecule has 0 saturated carbocycles. The SMILES string of the molecule is C.CCCCCCCCCc1ccc(OCCO)cc1. The van der Waals surface area contributed by atoms with Crippen LogP contribution in [0.4, 0.5) is 0 Å². The lowest BCUT2D eigenvalue weighted by molar-refractivity contribution is 0.201. The molecule has 1 rings (SSSR count). The van der Waals surface area contributed by atoms with Crippen LogP contribution in [0, 0.1) is 0 Å². The normalized spacial score (nSPS) is 10.1. The van der Waals surface area contributed by atoms with Crippen molar-refractivity contribution in [2.75, 3.05) is 13.2 Å². The Hall–Kier alpha value is -1.02. The van der Waals surface area contributed by atoms with Crippen LogP contribution in [0.1, 0.15) is 64.9 Å². The molecule has 0 saturated heterocycles. The quantitative estimate of drug-likeness (QED) is 0.579. The first kappa shape index (κ1) is 19.0. The van der Waals surface area contributed by atoms with E-state index in [1.807, 2.05) is 12.1 Å². The Kier molecular flexibility index (Phi) is 12.3. The van der Waals surface area contributed by atoms with Crippen LogP contribution in [0.2, 0.25) is 0 Å². The van der Waals surface area contributed by atoms with Gasteiger partial charge in [-0.15, -0.1) is 0 Å². The second-order valence-electron chi connectivity index (χ2n) is 5.09. The monoisotopic (exact) mass is 280 g/mol. The van der Waals surface area contributed by atoms with E-state index in [1.54, 1.807) is 0 Å². The van der Waals surface area contributed by atoms with E-state index in [1.165, 1.54) is 50.5 Å². The molecule has 1 N–H and O–H groups in total. The van der Waals surface area contributed by atoms with Crippen molar-refractivity contribution < 1.29 is 9.84 Å². The molecule has 0 aromatic heterocycles. The molecule has 0 aliphatic carbocycles. The lowest BCUT2D eigenvalue weighted by atomic mass is 10.0. The number of unbranched alkanes of at least 4 members (excludes halogenated alkanes) is 6. The van der Waals surface area contributed by atoms with E-state index in [0.29, 0.717) is 6.61 Å². The van der Waals surface area contributed by atoms with Gasteiger partial charge in [-0.3, -0.25) is 0 Å². The van der Waals surface area contributed by atoms with Crippen LogP contribution in [-0.4, -0.2) is 18.3 Å². The minimum absolute atomic E-state index is 0. The number of aryl methyl sites for hydroxylation is 1. The standard InChI is InChI=1S/C17H28O2.CH4/c1-2-3-4-5-6-7-8-9-16-10-12-17(13-11-16)19-15-14-18;/h10-13,18H,2-9,14-15H2,1H3;1H4. The molecule has 20 heavy (non-hydrogen) atoms. The summed E-state index contributed by atoms with van der Waals surface area (Å²) in [6.07, 6.45) is 10.6. The molecule has 0 aliphatic heterocycles. The van der Waals surface area contributed by atoms with Gasteiger partial charge in [-0.2, -0.15) is 0 Å². The van der Waals surface area contributed by atoms with Crippen molar-refractivity contribution in [2.45, 2.75) is 65.7 Å². The Bertz CT molecular complexity index is 306. The van der Waals surface area contributed by atoms with E-state index in [4.69, 9.17) is 9.84 Å². The Morgan fingerprint density at radius 1 is 0.900 bits per heavy atom. The van der Waals surface area contributed by atoms with Gasteiger partial charge in [0.15, 0.2) is 0 Å². The number of rotatable bonds is 11. The predicted octanol–water partition coefficient (Wildman–Crippen LogP) is 4.99. The zero-order valence-electron chi connectivity index (χ0n) is 12.2. The van der Waals surface area contributed by atoms with Gasteiger partial charge in [0.1, 0.15) is 12.4 Å². The highest BCUT2D eigenvalue weighted by molar-refractivity contribution is 5.27. The summed E-state index contributed by atoms with van der Waals surface area (Å²) < 4.78 is 5.34. The second-order valence-corrected chi connectivity index (χ2v) is 5.09. The summed E-state index contributed by atoms with van der Waals surface area (Å²) in [6.45, 7) is 2.70. The second kappa shape index (κ2) is 13.0. The highest BCUT2D eigenvalue weighted by Crippen LogP contribution is 2.15. The average molecular weight is 280 g/mol. The van der Waals surface area contributed by atoms with Crippen LogP contribution < -0.4 is 4.74 Å². The first-order valence-corrected chi connectivity index (χ1v) is 7.69. The summed E-state index contributed by atoms with van der Waals surface area (Å²) in [5, 5.41) is 8.68. The summed E-state index contributed by atoms with van der Waals surface area (Å²) in [4.78, 5) is 0. The Balaban J connectivity index is 0.00000361. The van der Waals surface area contributed by atoms with Crippen molar-refractivity contribution in [3.8, 4) is 5.75 Å². The molecular weight excluding hydrogens is 248 g/mol. The summed E-state index contributed by atoms with van der Waals surface area (Å²) in [7, 11) is 0. The largest absolute Gasteiger partial charge is 0.491 e. The van der Waals surface area contributed by atoms with Gasteiger partial charge in [0, 0.05) is 0 Å². The van der Waals surface area contributed by atoms with Crippen molar-refractivity contribution in [2.24, 2.45) is 0 Å². The van der Waals surface area contributed by atoms with Gasteiger partial charge >= 0.3 is 0 Å². The highest BCUT2D eigenvalue weighted by atomic mass is 16.5. The summed E-state index contributed by atoms with van der Waals surface area (Å²) in [6, 6.07) is 8.24. The van der Waals surface area contributed by atoms with E-state index in [2.05, 4.69) is 19.1 Å². The van der Waals surface area contributed by atoms with E-state index in [-0.39, 0.29) is 14.0 Å². The molecule has 0 atom stereocenters. The Morgan fingerprint density at radius 2 is 1.50 bits per heavy atom. The minimum atomic E-state index is 0. The first-order chi connectivity index (χ1) is 9.36. The number of hydrogen-bond donors (Lipinski definition) is 1. The molecule has 116 valence electrons. The van der Waals surface area contributed by atoms with Crippen molar-refractivity contribution in [3.05, 3.63) is 29.8 Å². The molecule has 0 heterocycles. The average Bonchev–Trinajstić information content (AvgIpc) is 2.45. The van der Waals surface area contributed by atoms with Crippen LogP contribution in [0.3, 0.4) is 0 Å². The van der Waals surface area contributed by atoms with Gasteiger partial charge in [0.2, 0.25) is 0 Å². The molecule has 1 aromatic rings. The molecule has 0 bridgehead atoms. The molecule has 1 aromatic carbocycles. The van der Waals surface area contributed by atoms with Crippen molar-refractivity contribution in [3.63, 3.8) is 0 Å². The summed E-state index contributed by atoms with van der Waals surface area (Å²) in [5.41, 5.74) is 1.38. The molecule has 0 fully saturated rings. The maximum atomic E-state index is 8.68. The molecule has 2 nitrogen and oxygen atoms in total. The number of benzene rings is 1.